The Balaban J connectivity index is 0.000000141. The van der Waals surface area contributed by atoms with Crippen LogP contribution in [-0.2, 0) is 0 Å². The van der Waals surface area contributed by atoms with Crippen LogP contribution in [0.5, 0.6) is 0 Å². The van der Waals surface area contributed by atoms with Crippen molar-refractivity contribution in [3.63, 3.8) is 0 Å². The molecular weight excluding hydrogens is 1300 g/mol. The molecule has 4 unspecified atom stereocenters. The molecule has 10 nitrogen and oxygen atoms in total. The molecule has 4 aromatic heterocycles. The molecule has 0 fully saturated rings. The topological polar surface area (TPSA) is 110 Å². The Morgan fingerprint density at radius 3 is 0.830 bits per heavy atom. The Hall–Kier alpha value is -14.0. The summed E-state index contributed by atoms with van der Waals surface area (Å²) in [7, 11) is 0. The molecule has 10 heteroatoms. The summed E-state index contributed by atoms with van der Waals surface area (Å²) in [5.74, 6) is 5.77. The second-order valence-corrected chi connectivity index (χ2v) is 27.2. The molecule has 4 aliphatic rings. The van der Waals surface area contributed by atoms with Crippen LogP contribution in [0, 0.1) is 0 Å². The Bertz CT molecular complexity index is 6150. The Kier molecular flexibility index (Phi) is 15.3. The van der Waals surface area contributed by atoms with Gasteiger partial charge < -0.3 is 18.6 Å². The average molecular weight is 1360 g/mol. The maximum atomic E-state index is 6.59. The number of para-hydroxylation sites is 2. The summed E-state index contributed by atoms with van der Waals surface area (Å²) in [5, 5.41) is 2.15. The molecule has 2 aliphatic heterocycles. The van der Waals surface area contributed by atoms with Crippen molar-refractivity contribution >= 4 is 56.8 Å². The van der Waals surface area contributed by atoms with Gasteiger partial charge in [0.1, 0.15) is 22.7 Å². The molecule has 106 heavy (non-hydrogen) atoms. The highest BCUT2D eigenvalue weighted by molar-refractivity contribution is 5.95. The lowest BCUT2D eigenvalue weighted by Gasteiger charge is -2.30. The number of aromatic nitrogens is 6. The highest BCUT2D eigenvalue weighted by Gasteiger charge is 2.45. The number of benzene rings is 13. The van der Waals surface area contributed by atoms with Gasteiger partial charge in [-0.3, -0.25) is 0 Å². The minimum absolute atomic E-state index is 0.0772. The standard InChI is InChI=1S/C51H34N4O.C45H30N4O/c1-4-12-33(13-5-1)35-20-22-38(23-21-35)50-52-49(37-16-8-3-9-17-37)53-51(54-50)39-26-30-45-42(32-39)48-46(56-45)31-29-44-47(48)41-18-10-11-19-43(41)55(44)40-27-24-36(25-28-40)34-14-6-2-7-15-34;1-4-12-29(13-5-1)30-20-23-34(24-21-30)49-37-19-11-10-18-35(37)41-38(49)25-27-40-42(41)36-28-33(22-26-39(36)50-40)45-47-43(31-14-6-2-7-15-31)46-44(48-45)32-16-8-3-9-17-32/h1-32,44,47H;1-28,38,41H. The van der Waals surface area contributed by atoms with Crippen LogP contribution in [0.3, 0.4) is 0 Å². The summed E-state index contributed by atoms with van der Waals surface area (Å²) in [6.07, 6.45) is 8.90. The number of furan rings is 2. The van der Waals surface area contributed by atoms with Crippen molar-refractivity contribution in [3.8, 4) is 102 Å². The predicted molar refractivity (Wildman–Crippen MR) is 427 cm³/mol. The van der Waals surface area contributed by atoms with Gasteiger partial charge in [-0.1, -0.05) is 279 Å². The monoisotopic (exact) mass is 1360 g/mol. The summed E-state index contributed by atoms with van der Waals surface area (Å²) < 4.78 is 13.1. The second kappa shape index (κ2) is 26.1. The number of hydrogen-bond donors (Lipinski definition) is 0. The minimum Gasteiger partial charge on any atom is -0.456 e. The van der Waals surface area contributed by atoms with Gasteiger partial charge in [0, 0.05) is 89.9 Å². The Morgan fingerprint density at radius 1 is 0.236 bits per heavy atom. The van der Waals surface area contributed by atoms with E-state index in [9.17, 15) is 0 Å². The van der Waals surface area contributed by atoms with Crippen LogP contribution >= 0.6 is 0 Å². The number of rotatable bonds is 11. The summed E-state index contributed by atoms with van der Waals surface area (Å²) in [4.78, 5) is 35.1. The quantitative estimate of drug-likeness (QED) is 0.124. The fourth-order valence-corrected chi connectivity index (χ4v) is 16.0. The van der Waals surface area contributed by atoms with Gasteiger partial charge in [-0.25, -0.2) is 29.9 Å². The fourth-order valence-electron chi connectivity index (χ4n) is 16.0. The maximum absolute atomic E-state index is 6.59. The van der Waals surface area contributed by atoms with Gasteiger partial charge in [0.05, 0.1) is 12.1 Å². The van der Waals surface area contributed by atoms with Gasteiger partial charge in [0.2, 0.25) is 0 Å². The molecule has 17 aromatic rings. The molecule has 2 aliphatic carbocycles. The van der Waals surface area contributed by atoms with Crippen LogP contribution in [0.1, 0.15) is 45.6 Å². The lowest BCUT2D eigenvalue weighted by atomic mass is 9.82. The van der Waals surface area contributed by atoms with Crippen LogP contribution in [0.4, 0.5) is 22.7 Å². The molecule has 4 atom stereocenters. The SMILES string of the molecule is C1=CC2C(c3ccccc3N2c2ccc(-c3ccccc3)cc2)c2c1oc1ccc(-c3nc(-c4ccccc4)nc(-c4ccc(-c5ccccc5)cc4)n3)cc21.C1=CC2C(c3ccccc3N2c2ccc(-c3ccccc3)cc2)c2c1oc1ccc(-c3nc(-c4ccccc4)nc(-c4ccccc4)n3)cc21. The Morgan fingerprint density at radius 2 is 0.491 bits per heavy atom. The molecule has 0 N–H and O–H groups in total. The van der Waals surface area contributed by atoms with E-state index in [0.717, 1.165) is 78.1 Å². The molecular formula is C96H64N8O2. The molecule has 0 spiro atoms. The second-order valence-electron chi connectivity index (χ2n) is 27.2. The van der Waals surface area contributed by atoms with E-state index in [-0.39, 0.29) is 23.9 Å². The van der Waals surface area contributed by atoms with Crippen molar-refractivity contribution in [1.82, 2.24) is 29.9 Å². The number of hydrogen-bond acceptors (Lipinski definition) is 10. The number of anilines is 4. The highest BCUT2D eigenvalue weighted by atomic mass is 16.3. The van der Waals surface area contributed by atoms with Crippen molar-refractivity contribution in [3.05, 3.63) is 386 Å². The molecule has 0 amide bonds. The first-order chi connectivity index (χ1) is 52.5. The van der Waals surface area contributed by atoms with E-state index in [2.05, 4.69) is 277 Å². The first-order valence-electron chi connectivity index (χ1n) is 36.0. The maximum Gasteiger partial charge on any atom is 0.164 e. The zero-order valence-corrected chi connectivity index (χ0v) is 57.3. The summed E-state index contributed by atoms with van der Waals surface area (Å²) >= 11 is 0. The van der Waals surface area contributed by atoms with Crippen LogP contribution in [0.25, 0.3) is 136 Å². The summed E-state index contributed by atoms with van der Waals surface area (Å²) in [6, 6.07) is 118. The van der Waals surface area contributed by atoms with E-state index in [1.807, 2.05) is 97.1 Å². The third-order valence-corrected chi connectivity index (χ3v) is 21.0. The number of nitrogens with zero attached hydrogens (tertiary/aromatic N) is 8. The molecule has 21 rings (SSSR count). The lowest BCUT2D eigenvalue weighted by molar-refractivity contribution is 0.584. The Labute approximate surface area is 613 Å². The van der Waals surface area contributed by atoms with Crippen molar-refractivity contribution in [2.45, 2.75) is 23.9 Å². The van der Waals surface area contributed by atoms with Gasteiger partial charge >= 0.3 is 0 Å². The third kappa shape index (κ3) is 11.1. The van der Waals surface area contributed by atoms with Crippen molar-refractivity contribution in [2.24, 2.45) is 0 Å². The minimum atomic E-state index is 0.0772. The normalized spacial score (nSPS) is 15.6. The first kappa shape index (κ1) is 61.9. The molecule has 6 heterocycles. The smallest absolute Gasteiger partial charge is 0.164 e. The highest BCUT2D eigenvalue weighted by Crippen LogP contribution is 2.56. The van der Waals surface area contributed by atoms with E-state index in [0.29, 0.717) is 34.9 Å². The largest absolute Gasteiger partial charge is 0.456 e. The van der Waals surface area contributed by atoms with E-state index < -0.39 is 0 Å². The van der Waals surface area contributed by atoms with Crippen LogP contribution in [0.15, 0.2) is 361 Å². The number of fused-ring (bicyclic) bond motifs is 14. The van der Waals surface area contributed by atoms with E-state index >= 15 is 0 Å². The van der Waals surface area contributed by atoms with Crippen LogP contribution in [-0.4, -0.2) is 42.0 Å². The third-order valence-electron chi connectivity index (χ3n) is 21.0. The van der Waals surface area contributed by atoms with Gasteiger partial charge in [0.15, 0.2) is 34.9 Å². The molecule has 13 aromatic carbocycles. The molecule has 0 saturated heterocycles. The van der Waals surface area contributed by atoms with E-state index in [1.54, 1.807) is 0 Å². The van der Waals surface area contributed by atoms with Crippen molar-refractivity contribution < 1.29 is 8.83 Å². The van der Waals surface area contributed by atoms with E-state index in [4.69, 9.17) is 38.7 Å². The van der Waals surface area contributed by atoms with Gasteiger partial charge in [-0.2, -0.15) is 0 Å². The predicted octanol–water partition coefficient (Wildman–Crippen LogP) is 23.6. The molecule has 0 saturated carbocycles. The zero-order chi connectivity index (χ0) is 70.0. The van der Waals surface area contributed by atoms with E-state index in [1.165, 1.54) is 67.1 Å². The van der Waals surface area contributed by atoms with Crippen molar-refractivity contribution in [2.75, 3.05) is 9.80 Å². The molecule has 500 valence electrons. The van der Waals surface area contributed by atoms with Gasteiger partial charge in [-0.15, -0.1) is 0 Å². The average Bonchev–Trinajstić information content (AvgIpc) is 1.56. The molecule has 0 bridgehead atoms. The van der Waals surface area contributed by atoms with Gasteiger partial charge in [0.25, 0.3) is 0 Å². The van der Waals surface area contributed by atoms with Crippen LogP contribution < -0.4 is 9.80 Å². The first-order valence-corrected chi connectivity index (χ1v) is 36.0. The van der Waals surface area contributed by atoms with Crippen LogP contribution in [0.2, 0.25) is 0 Å². The van der Waals surface area contributed by atoms with Crippen molar-refractivity contribution in [1.29, 1.82) is 0 Å². The lowest BCUT2D eigenvalue weighted by Crippen LogP contribution is -2.30. The summed E-state index contributed by atoms with van der Waals surface area (Å²) in [6.45, 7) is 0. The zero-order valence-electron chi connectivity index (χ0n) is 57.3. The summed E-state index contributed by atoms with van der Waals surface area (Å²) in [5.41, 5.74) is 24.2. The molecule has 0 radical (unpaired) electrons. The van der Waals surface area contributed by atoms with Gasteiger partial charge in [-0.05, 0) is 129 Å². The fraction of sp³-hybridized carbons (Fsp3) is 0.0417.